The number of carbonyl (C=O) groups is 1. The van der Waals surface area contributed by atoms with Gasteiger partial charge in [0.1, 0.15) is 11.5 Å². The molecule has 8 heteroatoms. The van der Waals surface area contributed by atoms with Crippen molar-refractivity contribution < 1.29 is 14.5 Å². The number of para-hydroxylation sites is 1. The molecule has 0 aliphatic rings. The van der Waals surface area contributed by atoms with Crippen molar-refractivity contribution in [3.05, 3.63) is 93.3 Å². The molecule has 4 aromatic rings. The molecule has 1 heterocycles. The fourth-order valence-corrected chi connectivity index (χ4v) is 4.01. The predicted molar refractivity (Wildman–Crippen MR) is 118 cm³/mol. The molecule has 1 aromatic heterocycles. The SMILES string of the molecule is C#CCn1c(=NC(=O)c2ccc(Oc3ccccc3)cc2)sc2cc([N+](=O)[O-])ccc21. The van der Waals surface area contributed by atoms with E-state index in [4.69, 9.17) is 11.2 Å². The third kappa shape index (κ3) is 4.37. The molecule has 0 bridgehead atoms. The summed E-state index contributed by atoms with van der Waals surface area (Å²) in [6.07, 6.45) is 5.46. The van der Waals surface area contributed by atoms with Gasteiger partial charge in [-0.3, -0.25) is 14.9 Å². The van der Waals surface area contributed by atoms with Crippen LogP contribution in [0, 0.1) is 22.5 Å². The van der Waals surface area contributed by atoms with Gasteiger partial charge in [-0.2, -0.15) is 4.99 Å². The summed E-state index contributed by atoms with van der Waals surface area (Å²) in [6.45, 7) is 0.188. The van der Waals surface area contributed by atoms with Crippen molar-refractivity contribution in [3.8, 4) is 23.8 Å². The molecule has 7 nitrogen and oxygen atoms in total. The van der Waals surface area contributed by atoms with Crippen LogP contribution in [0.3, 0.4) is 0 Å². The third-order valence-electron chi connectivity index (χ3n) is 4.40. The Morgan fingerprint density at radius 2 is 1.81 bits per heavy atom. The van der Waals surface area contributed by atoms with E-state index < -0.39 is 10.8 Å². The van der Waals surface area contributed by atoms with E-state index in [1.807, 2.05) is 30.3 Å². The summed E-state index contributed by atoms with van der Waals surface area (Å²) in [5.41, 5.74) is 1.04. The van der Waals surface area contributed by atoms with Crippen LogP contribution in [0.4, 0.5) is 5.69 Å². The second kappa shape index (κ2) is 8.65. The van der Waals surface area contributed by atoms with Gasteiger partial charge in [0.2, 0.25) is 0 Å². The van der Waals surface area contributed by atoms with Crippen molar-refractivity contribution in [2.75, 3.05) is 0 Å². The number of amides is 1. The van der Waals surface area contributed by atoms with Gasteiger partial charge in [0.15, 0.2) is 4.80 Å². The van der Waals surface area contributed by atoms with E-state index in [1.54, 1.807) is 34.9 Å². The standard InChI is InChI=1S/C23H15N3O4S/c1-2-14-25-20-13-10-17(26(28)29)15-21(20)31-23(25)24-22(27)16-8-11-19(12-9-16)30-18-6-4-3-5-7-18/h1,3-13,15H,14H2. The summed E-state index contributed by atoms with van der Waals surface area (Å²) in [4.78, 5) is 27.9. The number of hydrogen-bond donors (Lipinski definition) is 0. The van der Waals surface area contributed by atoms with Crippen LogP contribution in [0.25, 0.3) is 10.2 Å². The number of carbonyl (C=O) groups excluding carboxylic acids is 1. The molecule has 3 aromatic carbocycles. The average Bonchev–Trinajstić information content (AvgIpc) is 3.11. The summed E-state index contributed by atoms with van der Waals surface area (Å²) >= 11 is 1.17. The Morgan fingerprint density at radius 1 is 1.10 bits per heavy atom. The van der Waals surface area contributed by atoms with E-state index in [-0.39, 0.29) is 12.2 Å². The van der Waals surface area contributed by atoms with Gasteiger partial charge >= 0.3 is 0 Å². The first-order valence-electron chi connectivity index (χ1n) is 9.18. The summed E-state index contributed by atoms with van der Waals surface area (Å²) in [7, 11) is 0. The maximum atomic E-state index is 12.7. The zero-order valence-corrected chi connectivity index (χ0v) is 16.9. The zero-order chi connectivity index (χ0) is 21.8. The molecule has 152 valence electrons. The largest absolute Gasteiger partial charge is 0.457 e. The molecule has 0 saturated heterocycles. The first kappa shape index (κ1) is 20.1. The summed E-state index contributed by atoms with van der Waals surface area (Å²) in [6, 6.07) is 20.4. The highest BCUT2D eigenvalue weighted by atomic mass is 32.1. The molecule has 0 aliphatic carbocycles. The van der Waals surface area contributed by atoms with Crippen LogP contribution in [0.2, 0.25) is 0 Å². The summed E-state index contributed by atoms with van der Waals surface area (Å²) in [5.74, 6) is 3.38. The van der Waals surface area contributed by atoms with Crippen LogP contribution in [-0.2, 0) is 6.54 Å². The minimum atomic E-state index is -0.467. The Morgan fingerprint density at radius 3 is 2.48 bits per heavy atom. The number of ether oxygens (including phenoxy) is 1. The molecular weight excluding hydrogens is 414 g/mol. The lowest BCUT2D eigenvalue weighted by Crippen LogP contribution is -2.16. The van der Waals surface area contributed by atoms with E-state index in [1.165, 1.54) is 23.5 Å². The van der Waals surface area contributed by atoms with Gasteiger partial charge in [0.05, 0.1) is 21.7 Å². The topological polar surface area (TPSA) is 86.7 Å². The highest BCUT2D eigenvalue weighted by Crippen LogP contribution is 2.24. The van der Waals surface area contributed by atoms with Gasteiger partial charge in [-0.05, 0) is 42.5 Å². The quantitative estimate of drug-likeness (QED) is 0.260. The second-order valence-electron chi connectivity index (χ2n) is 6.44. The van der Waals surface area contributed by atoms with Gasteiger partial charge in [-0.1, -0.05) is 35.5 Å². The number of terminal acetylenes is 1. The van der Waals surface area contributed by atoms with Gasteiger partial charge in [0.25, 0.3) is 11.6 Å². The smallest absolute Gasteiger partial charge is 0.279 e. The molecule has 31 heavy (non-hydrogen) atoms. The van der Waals surface area contributed by atoms with Gasteiger partial charge in [0, 0.05) is 17.7 Å². The molecule has 4 rings (SSSR count). The van der Waals surface area contributed by atoms with Crippen LogP contribution in [0.15, 0.2) is 77.8 Å². The molecule has 0 atom stereocenters. The van der Waals surface area contributed by atoms with Crippen LogP contribution in [-0.4, -0.2) is 15.4 Å². The summed E-state index contributed by atoms with van der Waals surface area (Å²) < 4.78 is 8.05. The lowest BCUT2D eigenvalue weighted by atomic mass is 10.2. The number of aromatic nitrogens is 1. The van der Waals surface area contributed by atoms with Crippen LogP contribution >= 0.6 is 11.3 Å². The molecule has 0 fully saturated rings. The molecule has 0 saturated carbocycles. The fraction of sp³-hybridized carbons (Fsp3) is 0.0435. The number of nitrogens with zero attached hydrogens (tertiary/aromatic N) is 3. The Hall–Kier alpha value is -4.22. The van der Waals surface area contributed by atoms with Gasteiger partial charge in [-0.15, -0.1) is 6.42 Å². The maximum absolute atomic E-state index is 12.7. The first-order valence-corrected chi connectivity index (χ1v) is 10.00. The van der Waals surface area contributed by atoms with E-state index in [0.717, 1.165) is 0 Å². The van der Waals surface area contributed by atoms with E-state index >= 15 is 0 Å². The van der Waals surface area contributed by atoms with Crippen molar-refractivity contribution in [1.82, 2.24) is 4.57 Å². The lowest BCUT2D eigenvalue weighted by molar-refractivity contribution is -0.384. The molecule has 0 spiro atoms. The Balaban J connectivity index is 1.65. The third-order valence-corrected chi connectivity index (χ3v) is 5.45. The van der Waals surface area contributed by atoms with Crippen LogP contribution in [0.1, 0.15) is 10.4 Å². The average molecular weight is 429 g/mol. The summed E-state index contributed by atoms with van der Waals surface area (Å²) in [5, 5.41) is 11.1. The molecular formula is C23H15N3O4S. The van der Waals surface area contributed by atoms with Crippen molar-refractivity contribution in [1.29, 1.82) is 0 Å². The second-order valence-corrected chi connectivity index (χ2v) is 7.45. The maximum Gasteiger partial charge on any atom is 0.279 e. The molecule has 0 N–H and O–H groups in total. The molecule has 0 aliphatic heterocycles. The number of benzene rings is 3. The number of non-ortho nitro benzene ring substituents is 1. The predicted octanol–water partition coefficient (Wildman–Crippen LogP) is 4.78. The van der Waals surface area contributed by atoms with Gasteiger partial charge in [-0.25, -0.2) is 0 Å². The fourth-order valence-electron chi connectivity index (χ4n) is 2.95. The van der Waals surface area contributed by atoms with Crippen LogP contribution < -0.4 is 9.54 Å². The lowest BCUT2D eigenvalue weighted by Gasteiger charge is -2.05. The van der Waals surface area contributed by atoms with Crippen molar-refractivity contribution in [2.45, 2.75) is 6.54 Å². The van der Waals surface area contributed by atoms with Crippen molar-refractivity contribution in [3.63, 3.8) is 0 Å². The number of thiazole rings is 1. The van der Waals surface area contributed by atoms with Crippen molar-refractivity contribution in [2.24, 2.45) is 4.99 Å². The Kier molecular flexibility index (Phi) is 5.60. The highest BCUT2D eigenvalue weighted by Gasteiger charge is 2.13. The van der Waals surface area contributed by atoms with Crippen LogP contribution in [0.5, 0.6) is 11.5 Å². The zero-order valence-electron chi connectivity index (χ0n) is 16.1. The van der Waals surface area contributed by atoms with E-state index in [2.05, 4.69) is 10.9 Å². The monoisotopic (exact) mass is 429 g/mol. The highest BCUT2D eigenvalue weighted by molar-refractivity contribution is 7.16. The molecule has 1 amide bonds. The van der Waals surface area contributed by atoms with Crippen molar-refractivity contribution >= 4 is 33.1 Å². The number of rotatable bonds is 5. The molecule has 0 unspecified atom stereocenters. The first-order chi connectivity index (χ1) is 15.0. The minimum Gasteiger partial charge on any atom is -0.457 e. The number of nitro benzene ring substituents is 1. The number of fused-ring (bicyclic) bond motifs is 1. The number of hydrogen-bond acceptors (Lipinski definition) is 5. The Bertz CT molecular complexity index is 1380. The number of nitro groups is 1. The van der Waals surface area contributed by atoms with Gasteiger partial charge < -0.3 is 9.30 Å². The minimum absolute atomic E-state index is 0.0338. The van der Waals surface area contributed by atoms with E-state index in [9.17, 15) is 14.9 Å². The normalized spacial score (nSPS) is 11.3. The molecule has 0 radical (unpaired) electrons. The Labute approximate surface area is 181 Å². The van der Waals surface area contributed by atoms with E-state index in [0.29, 0.717) is 32.1 Å².